The second-order valence-corrected chi connectivity index (χ2v) is 3.75. The van der Waals surface area contributed by atoms with Crippen LogP contribution in [0.1, 0.15) is 18.4 Å². The SMILES string of the molecule is N=CCCC(=N)c1cccc2ccccc12. The Bertz CT molecular complexity index is 524. The van der Waals surface area contributed by atoms with Crippen molar-refractivity contribution in [2.45, 2.75) is 12.8 Å². The first-order valence-corrected chi connectivity index (χ1v) is 5.37. The minimum absolute atomic E-state index is 0.611. The Morgan fingerprint density at radius 1 is 1.06 bits per heavy atom. The van der Waals surface area contributed by atoms with E-state index < -0.39 is 0 Å². The summed E-state index contributed by atoms with van der Waals surface area (Å²) < 4.78 is 0. The maximum Gasteiger partial charge on any atom is 0.0396 e. The molecule has 0 aromatic heterocycles. The summed E-state index contributed by atoms with van der Waals surface area (Å²) in [6.45, 7) is 0. The molecule has 0 bridgehead atoms. The molecule has 0 spiro atoms. The van der Waals surface area contributed by atoms with Gasteiger partial charge in [0.25, 0.3) is 0 Å². The molecule has 0 atom stereocenters. The summed E-state index contributed by atoms with van der Waals surface area (Å²) in [5.41, 5.74) is 1.60. The van der Waals surface area contributed by atoms with Crippen LogP contribution in [0.5, 0.6) is 0 Å². The number of rotatable bonds is 4. The van der Waals surface area contributed by atoms with E-state index in [1.54, 1.807) is 0 Å². The molecule has 2 nitrogen and oxygen atoms in total. The van der Waals surface area contributed by atoms with Crippen LogP contribution in [-0.2, 0) is 0 Å². The summed E-state index contributed by atoms with van der Waals surface area (Å²) in [6, 6.07) is 14.1. The van der Waals surface area contributed by atoms with Crippen LogP contribution in [0.2, 0.25) is 0 Å². The number of hydrogen-bond acceptors (Lipinski definition) is 2. The Morgan fingerprint density at radius 2 is 1.81 bits per heavy atom. The minimum atomic E-state index is 0.611. The van der Waals surface area contributed by atoms with Crippen molar-refractivity contribution in [3.05, 3.63) is 48.0 Å². The van der Waals surface area contributed by atoms with Crippen LogP contribution in [0.15, 0.2) is 42.5 Å². The summed E-state index contributed by atoms with van der Waals surface area (Å²) in [4.78, 5) is 0. The Morgan fingerprint density at radius 3 is 2.62 bits per heavy atom. The van der Waals surface area contributed by atoms with Gasteiger partial charge in [-0.25, -0.2) is 0 Å². The highest BCUT2D eigenvalue weighted by atomic mass is 14.4. The van der Waals surface area contributed by atoms with E-state index in [4.69, 9.17) is 10.8 Å². The summed E-state index contributed by atoms with van der Waals surface area (Å²) in [5.74, 6) is 0. The Labute approximate surface area is 94.9 Å². The van der Waals surface area contributed by atoms with Gasteiger partial charge in [-0.15, -0.1) is 0 Å². The summed E-state index contributed by atoms with van der Waals surface area (Å²) in [7, 11) is 0. The second-order valence-electron chi connectivity index (χ2n) is 3.75. The first-order valence-electron chi connectivity index (χ1n) is 5.37. The lowest BCUT2D eigenvalue weighted by atomic mass is 9.99. The molecule has 0 unspecified atom stereocenters. The van der Waals surface area contributed by atoms with Gasteiger partial charge in [0.1, 0.15) is 0 Å². The first kappa shape index (κ1) is 10.6. The van der Waals surface area contributed by atoms with E-state index in [2.05, 4.69) is 12.1 Å². The van der Waals surface area contributed by atoms with Crippen molar-refractivity contribution in [3.63, 3.8) is 0 Å². The van der Waals surface area contributed by atoms with Crippen molar-refractivity contribution in [2.24, 2.45) is 0 Å². The molecule has 2 heteroatoms. The third-order valence-corrected chi connectivity index (χ3v) is 2.65. The Hall–Kier alpha value is -1.96. The second kappa shape index (κ2) is 4.71. The van der Waals surface area contributed by atoms with Crippen molar-refractivity contribution in [2.75, 3.05) is 0 Å². The average Bonchev–Trinajstić information content (AvgIpc) is 2.35. The third kappa shape index (κ3) is 2.01. The van der Waals surface area contributed by atoms with Crippen molar-refractivity contribution in [3.8, 4) is 0 Å². The van der Waals surface area contributed by atoms with E-state index >= 15 is 0 Å². The highest BCUT2D eigenvalue weighted by Gasteiger charge is 2.04. The van der Waals surface area contributed by atoms with Gasteiger partial charge in [0.05, 0.1) is 0 Å². The van der Waals surface area contributed by atoms with E-state index in [-0.39, 0.29) is 0 Å². The lowest BCUT2D eigenvalue weighted by Gasteiger charge is -2.06. The number of benzene rings is 2. The molecule has 2 rings (SSSR count). The quantitative estimate of drug-likeness (QED) is 0.724. The minimum Gasteiger partial charge on any atom is -0.313 e. The molecule has 0 saturated carbocycles. The van der Waals surface area contributed by atoms with Gasteiger partial charge in [0.15, 0.2) is 0 Å². The van der Waals surface area contributed by atoms with Crippen LogP contribution in [0.3, 0.4) is 0 Å². The van der Waals surface area contributed by atoms with Gasteiger partial charge in [0, 0.05) is 11.3 Å². The normalized spacial score (nSPS) is 10.2. The monoisotopic (exact) mass is 210 g/mol. The molecule has 0 saturated heterocycles. The van der Waals surface area contributed by atoms with Crippen LogP contribution < -0.4 is 0 Å². The van der Waals surface area contributed by atoms with E-state index in [0.29, 0.717) is 18.6 Å². The molecule has 16 heavy (non-hydrogen) atoms. The fraction of sp³-hybridized carbons (Fsp3) is 0.143. The van der Waals surface area contributed by atoms with Crippen LogP contribution in [0.4, 0.5) is 0 Å². The molecule has 0 amide bonds. The van der Waals surface area contributed by atoms with Crippen LogP contribution in [-0.4, -0.2) is 11.9 Å². The standard InChI is InChI=1S/C14H14N2/c15-10-4-9-14(16)13-8-3-6-11-5-1-2-7-12(11)13/h1-3,5-8,10,15-16H,4,9H2. The highest BCUT2D eigenvalue weighted by Crippen LogP contribution is 2.19. The maximum absolute atomic E-state index is 8.01. The number of hydrogen-bond donors (Lipinski definition) is 2. The van der Waals surface area contributed by atoms with Crippen LogP contribution in [0.25, 0.3) is 10.8 Å². The van der Waals surface area contributed by atoms with Gasteiger partial charge >= 0.3 is 0 Å². The molecular formula is C14H14N2. The smallest absolute Gasteiger partial charge is 0.0396 e. The highest BCUT2D eigenvalue weighted by molar-refractivity contribution is 6.09. The summed E-state index contributed by atoms with van der Waals surface area (Å²) >= 11 is 0. The fourth-order valence-corrected chi connectivity index (χ4v) is 1.84. The molecule has 2 aromatic rings. The average molecular weight is 210 g/mol. The Kier molecular flexibility index (Phi) is 3.10. The molecule has 0 heterocycles. The molecule has 0 aliphatic carbocycles. The van der Waals surface area contributed by atoms with E-state index in [9.17, 15) is 0 Å². The van der Waals surface area contributed by atoms with Crippen molar-refractivity contribution in [1.82, 2.24) is 0 Å². The molecule has 0 aliphatic heterocycles. The molecule has 0 fully saturated rings. The lowest BCUT2D eigenvalue weighted by Crippen LogP contribution is -2.00. The topological polar surface area (TPSA) is 47.7 Å². The zero-order chi connectivity index (χ0) is 11.4. The predicted octanol–water partition coefficient (Wildman–Crippen LogP) is 3.64. The van der Waals surface area contributed by atoms with Crippen molar-refractivity contribution in [1.29, 1.82) is 10.8 Å². The molecule has 2 aromatic carbocycles. The van der Waals surface area contributed by atoms with Crippen LogP contribution >= 0.6 is 0 Å². The maximum atomic E-state index is 8.01. The molecule has 0 radical (unpaired) electrons. The number of fused-ring (bicyclic) bond motifs is 1. The predicted molar refractivity (Wildman–Crippen MR) is 68.8 cm³/mol. The molecular weight excluding hydrogens is 196 g/mol. The summed E-state index contributed by atoms with van der Waals surface area (Å²) in [5, 5.41) is 17.3. The zero-order valence-corrected chi connectivity index (χ0v) is 9.03. The summed E-state index contributed by atoms with van der Waals surface area (Å²) in [6.07, 6.45) is 2.64. The Balaban J connectivity index is 2.44. The van der Waals surface area contributed by atoms with Crippen LogP contribution in [0, 0.1) is 10.8 Å². The lowest BCUT2D eigenvalue weighted by molar-refractivity contribution is 1.14. The molecule has 2 N–H and O–H groups in total. The zero-order valence-electron chi connectivity index (χ0n) is 9.03. The van der Waals surface area contributed by atoms with E-state index in [0.717, 1.165) is 10.9 Å². The number of nitrogens with one attached hydrogen (secondary N) is 2. The molecule has 0 aliphatic rings. The van der Waals surface area contributed by atoms with Gasteiger partial charge in [-0.1, -0.05) is 42.5 Å². The van der Waals surface area contributed by atoms with E-state index in [1.165, 1.54) is 11.6 Å². The van der Waals surface area contributed by atoms with Crippen molar-refractivity contribution < 1.29 is 0 Å². The van der Waals surface area contributed by atoms with Gasteiger partial charge in [-0.3, -0.25) is 0 Å². The fourth-order valence-electron chi connectivity index (χ4n) is 1.84. The van der Waals surface area contributed by atoms with E-state index in [1.807, 2.05) is 30.3 Å². The van der Waals surface area contributed by atoms with Gasteiger partial charge in [-0.05, 0) is 29.8 Å². The third-order valence-electron chi connectivity index (χ3n) is 2.65. The molecule has 80 valence electrons. The van der Waals surface area contributed by atoms with Crippen molar-refractivity contribution >= 4 is 22.7 Å². The van der Waals surface area contributed by atoms with Gasteiger partial charge in [-0.2, -0.15) is 0 Å². The first-order chi connectivity index (χ1) is 7.83. The van der Waals surface area contributed by atoms with Gasteiger partial charge in [0.2, 0.25) is 0 Å². The van der Waals surface area contributed by atoms with Gasteiger partial charge < -0.3 is 10.8 Å². The largest absolute Gasteiger partial charge is 0.313 e.